The van der Waals surface area contributed by atoms with Crippen LogP contribution in [0, 0.1) is 0 Å². The summed E-state index contributed by atoms with van der Waals surface area (Å²) in [5.41, 5.74) is 4.65. The lowest BCUT2D eigenvalue weighted by molar-refractivity contribution is -0.0806. The van der Waals surface area contributed by atoms with E-state index in [1.807, 2.05) is 0 Å². The number of nitrogens with two attached hydrogens (primary N) is 1. The lowest BCUT2D eigenvalue weighted by Crippen LogP contribution is -2.47. The molecule has 1 fully saturated rings. The molecular formula is C13H21FN4O2. The van der Waals surface area contributed by atoms with Crippen molar-refractivity contribution in [3.63, 3.8) is 0 Å². The molecule has 6 nitrogen and oxygen atoms in total. The number of halogens is 1. The number of ether oxygens (including phenoxy) is 1. The van der Waals surface area contributed by atoms with Crippen LogP contribution in [-0.4, -0.2) is 52.6 Å². The van der Waals surface area contributed by atoms with Gasteiger partial charge in [0.25, 0.3) is 0 Å². The van der Waals surface area contributed by atoms with Gasteiger partial charge in [-0.25, -0.2) is 9.37 Å². The van der Waals surface area contributed by atoms with Crippen LogP contribution in [0.15, 0.2) is 12.3 Å². The van der Waals surface area contributed by atoms with Gasteiger partial charge in [-0.2, -0.15) is 4.98 Å². The second kappa shape index (κ2) is 5.88. The molecule has 1 aromatic heterocycles. The summed E-state index contributed by atoms with van der Waals surface area (Å²) < 4.78 is 19.6. The first-order chi connectivity index (χ1) is 9.35. The van der Waals surface area contributed by atoms with Crippen molar-refractivity contribution in [1.29, 1.82) is 0 Å². The van der Waals surface area contributed by atoms with Crippen LogP contribution in [0.3, 0.4) is 0 Å². The van der Waals surface area contributed by atoms with Gasteiger partial charge in [-0.05, 0) is 26.3 Å². The number of aliphatic hydroxyl groups is 1. The van der Waals surface area contributed by atoms with E-state index in [2.05, 4.69) is 9.97 Å². The van der Waals surface area contributed by atoms with Crippen LogP contribution in [0.5, 0.6) is 0 Å². The van der Waals surface area contributed by atoms with Crippen molar-refractivity contribution >= 4 is 11.8 Å². The van der Waals surface area contributed by atoms with E-state index in [1.54, 1.807) is 31.0 Å². The predicted octanol–water partition coefficient (Wildman–Crippen LogP) is 0.763. The summed E-state index contributed by atoms with van der Waals surface area (Å²) in [6.07, 6.45) is 0.437. The number of piperidine rings is 1. The Morgan fingerprint density at radius 3 is 2.95 bits per heavy atom. The van der Waals surface area contributed by atoms with Gasteiger partial charge in [-0.15, -0.1) is 0 Å². The van der Waals surface area contributed by atoms with Crippen LogP contribution in [0.2, 0.25) is 0 Å². The Morgan fingerprint density at radius 1 is 1.60 bits per heavy atom. The smallest absolute Gasteiger partial charge is 0.227 e. The minimum Gasteiger partial charge on any atom is -0.388 e. The molecular weight excluding hydrogens is 263 g/mol. The zero-order chi connectivity index (χ0) is 14.8. The number of rotatable bonds is 4. The second-order valence-electron chi connectivity index (χ2n) is 5.69. The van der Waals surface area contributed by atoms with Crippen LogP contribution in [0.4, 0.5) is 16.2 Å². The van der Waals surface area contributed by atoms with E-state index >= 15 is 0 Å². The van der Waals surface area contributed by atoms with Crippen molar-refractivity contribution in [2.24, 2.45) is 0 Å². The molecule has 0 unspecified atom stereocenters. The van der Waals surface area contributed by atoms with Crippen LogP contribution < -0.4 is 10.6 Å². The zero-order valence-electron chi connectivity index (χ0n) is 11.8. The monoisotopic (exact) mass is 284 g/mol. The SMILES string of the molecule is CC(C)(O)CO[C@@H]1CCN(c2nccc(N)n2)C[C@@H]1F. The Labute approximate surface area is 117 Å². The lowest BCUT2D eigenvalue weighted by Gasteiger charge is -2.35. The fourth-order valence-electron chi connectivity index (χ4n) is 2.08. The molecule has 1 saturated heterocycles. The van der Waals surface area contributed by atoms with Crippen molar-refractivity contribution < 1.29 is 14.2 Å². The molecule has 2 atom stereocenters. The fraction of sp³-hybridized carbons (Fsp3) is 0.692. The Kier molecular flexibility index (Phi) is 4.39. The number of aromatic nitrogens is 2. The highest BCUT2D eigenvalue weighted by molar-refractivity contribution is 5.38. The standard InChI is InChI=1S/C13H21FN4O2/c1-13(2,19)8-20-10-4-6-18(7-9(10)14)12-16-5-3-11(15)17-12/h3,5,9-10,19H,4,6-8H2,1-2H3,(H2,15,16,17)/t9-,10+/m0/s1. The van der Waals surface area contributed by atoms with Crippen molar-refractivity contribution in [3.05, 3.63) is 12.3 Å². The molecule has 1 aliphatic rings. The van der Waals surface area contributed by atoms with Crippen molar-refractivity contribution in [2.75, 3.05) is 30.3 Å². The van der Waals surface area contributed by atoms with Crippen molar-refractivity contribution in [1.82, 2.24) is 9.97 Å². The third-order valence-electron chi connectivity index (χ3n) is 3.08. The molecule has 1 aliphatic heterocycles. The Hall–Kier alpha value is -1.47. The van der Waals surface area contributed by atoms with Gasteiger partial charge >= 0.3 is 0 Å². The topological polar surface area (TPSA) is 84.5 Å². The molecule has 0 amide bonds. The van der Waals surface area contributed by atoms with Crippen molar-refractivity contribution in [3.8, 4) is 0 Å². The van der Waals surface area contributed by atoms with Crippen LogP contribution in [0.25, 0.3) is 0 Å². The first-order valence-electron chi connectivity index (χ1n) is 6.67. The molecule has 1 aromatic rings. The van der Waals surface area contributed by atoms with Gasteiger partial charge in [0.15, 0.2) is 0 Å². The third kappa shape index (κ3) is 4.01. The molecule has 112 valence electrons. The van der Waals surface area contributed by atoms with Gasteiger partial charge in [0, 0.05) is 12.7 Å². The zero-order valence-corrected chi connectivity index (χ0v) is 11.8. The predicted molar refractivity (Wildman–Crippen MR) is 74.2 cm³/mol. The summed E-state index contributed by atoms with van der Waals surface area (Å²) in [5.74, 6) is 0.805. The molecule has 3 N–H and O–H groups in total. The van der Waals surface area contributed by atoms with Crippen LogP contribution in [0.1, 0.15) is 20.3 Å². The van der Waals surface area contributed by atoms with E-state index in [0.29, 0.717) is 24.7 Å². The number of anilines is 2. The molecule has 2 heterocycles. The van der Waals surface area contributed by atoms with Gasteiger partial charge < -0.3 is 20.5 Å². The minimum absolute atomic E-state index is 0.118. The van der Waals surface area contributed by atoms with Gasteiger partial charge in [0.05, 0.1) is 24.9 Å². The number of hydrogen-bond acceptors (Lipinski definition) is 6. The van der Waals surface area contributed by atoms with E-state index in [9.17, 15) is 9.50 Å². The Morgan fingerprint density at radius 2 is 2.35 bits per heavy atom. The van der Waals surface area contributed by atoms with Crippen LogP contribution >= 0.6 is 0 Å². The maximum absolute atomic E-state index is 14.1. The summed E-state index contributed by atoms with van der Waals surface area (Å²) >= 11 is 0. The van der Waals surface area contributed by atoms with Gasteiger partial charge in [0.2, 0.25) is 5.95 Å². The Bertz CT molecular complexity index is 452. The van der Waals surface area contributed by atoms with E-state index in [4.69, 9.17) is 10.5 Å². The molecule has 2 rings (SSSR count). The molecule has 0 saturated carbocycles. The number of alkyl halides is 1. The maximum Gasteiger partial charge on any atom is 0.227 e. The van der Waals surface area contributed by atoms with E-state index in [1.165, 1.54) is 0 Å². The van der Waals surface area contributed by atoms with Gasteiger partial charge in [-0.3, -0.25) is 0 Å². The molecule has 7 heteroatoms. The van der Waals surface area contributed by atoms with E-state index in [-0.39, 0.29) is 13.2 Å². The summed E-state index contributed by atoms with van der Waals surface area (Å²) in [7, 11) is 0. The minimum atomic E-state index is -1.14. The normalized spacial score (nSPS) is 23.9. The third-order valence-corrected chi connectivity index (χ3v) is 3.08. The summed E-state index contributed by atoms with van der Waals surface area (Å²) in [6, 6.07) is 1.59. The number of nitrogen functional groups attached to an aromatic ring is 1. The van der Waals surface area contributed by atoms with Gasteiger partial charge in [-0.1, -0.05) is 0 Å². The number of hydrogen-bond donors (Lipinski definition) is 2. The molecule has 20 heavy (non-hydrogen) atoms. The highest BCUT2D eigenvalue weighted by atomic mass is 19.1. The largest absolute Gasteiger partial charge is 0.388 e. The van der Waals surface area contributed by atoms with E-state index in [0.717, 1.165) is 0 Å². The molecule has 0 aromatic carbocycles. The molecule has 0 bridgehead atoms. The first-order valence-corrected chi connectivity index (χ1v) is 6.67. The molecule has 0 radical (unpaired) electrons. The number of nitrogens with zero attached hydrogens (tertiary/aromatic N) is 3. The lowest BCUT2D eigenvalue weighted by atomic mass is 10.1. The molecule has 0 spiro atoms. The average Bonchev–Trinajstić information content (AvgIpc) is 2.36. The van der Waals surface area contributed by atoms with Gasteiger partial charge in [0.1, 0.15) is 12.0 Å². The second-order valence-corrected chi connectivity index (χ2v) is 5.69. The summed E-state index contributed by atoms with van der Waals surface area (Å²) in [4.78, 5) is 9.94. The van der Waals surface area contributed by atoms with E-state index < -0.39 is 17.9 Å². The molecule has 0 aliphatic carbocycles. The highest BCUT2D eigenvalue weighted by Crippen LogP contribution is 2.22. The van der Waals surface area contributed by atoms with Crippen LogP contribution in [-0.2, 0) is 4.74 Å². The fourth-order valence-corrected chi connectivity index (χ4v) is 2.08. The Balaban J connectivity index is 1.92. The average molecular weight is 284 g/mol. The maximum atomic E-state index is 14.1. The summed E-state index contributed by atoms with van der Waals surface area (Å²) in [6.45, 7) is 4.15. The highest BCUT2D eigenvalue weighted by Gasteiger charge is 2.32. The van der Waals surface area contributed by atoms with Crippen molar-refractivity contribution in [2.45, 2.75) is 38.1 Å². The quantitative estimate of drug-likeness (QED) is 0.849. The summed E-state index contributed by atoms with van der Waals surface area (Å²) in [5, 5.41) is 9.60. The first kappa shape index (κ1) is 14.9.